The summed E-state index contributed by atoms with van der Waals surface area (Å²) in [5, 5.41) is 6.26. The zero-order valence-electron chi connectivity index (χ0n) is 16.5. The van der Waals surface area contributed by atoms with Crippen LogP contribution in [0.2, 0.25) is 0 Å². The topological polar surface area (TPSA) is 83.0 Å². The van der Waals surface area contributed by atoms with E-state index in [1.807, 2.05) is 32.9 Å². The third-order valence-corrected chi connectivity index (χ3v) is 6.18. The van der Waals surface area contributed by atoms with Gasteiger partial charge in [-0.25, -0.2) is 12.7 Å². The van der Waals surface area contributed by atoms with E-state index < -0.39 is 10.0 Å². The predicted molar refractivity (Wildman–Crippen MR) is 108 cm³/mol. The highest BCUT2D eigenvalue weighted by atomic mass is 32.2. The molecule has 1 aromatic rings. The van der Waals surface area contributed by atoms with Crippen LogP contribution in [0, 0.1) is 6.92 Å². The molecule has 148 valence electrons. The number of aryl methyl sites for hydroxylation is 1. The van der Waals surface area contributed by atoms with Gasteiger partial charge in [-0.3, -0.25) is 4.99 Å². The average Bonchev–Trinajstić information content (AvgIpc) is 2.62. The molecule has 0 radical (unpaired) electrons. The molecule has 1 aromatic carbocycles. The molecule has 7 nitrogen and oxygen atoms in total. The maximum absolute atomic E-state index is 12.2. The maximum atomic E-state index is 12.2. The van der Waals surface area contributed by atoms with Crippen LogP contribution in [-0.4, -0.2) is 64.8 Å². The number of sulfonamides is 1. The van der Waals surface area contributed by atoms with Crippen molar-refractivity contribution in [3.05, 3.63) is 29.3 Å². The van der Waals surface area contributed by atoms with Crippen LogP contribution in [0.4, 0.5) is 0 Å². The molecule has 0 unspecified atom stereocenters. The highest BCUT2D eigenvalue weighted by molar-refractivity contribution is 7.89. The van der Waals surface area contributed by atoms with Gasteiger partial charge >= 0.3 is 0 Å². The number of nitrogens with one attached hydrogen (secondary N) is 2. The Balaban J connectivity index is 2.44. The number of benzene rings is 1. The summed E-state index contributed by atoms with van der Waals surface area (Å²) in [7, 11) is 0.111. The fraction of sp³-hybridized carbons (Fsp3) is 0.611. The van der Waals surface area contributed by atoms with Crippen molar-refractivity contribution in [2.45, 2.75) is 27.2 Å². The van der Waals surface area contributed by atoms with Crippen LogP contribution in [0.3, 0.4) is 0 Å². The smallest absolute Gasteiger partial charge is 0.215 e. The summed E-state index contributed by atoms with van der Waals surface area (Å²) < 4.78 is 31.1. The van der Waals surface area contributed by atoms with E-state index in [9.17, 15) is 8.42 Å². The lowest BCUT2D eigenvalue weighted by molar-refractivity contribution is 0.411. The number of aliphatic imine (C=N–C) groups is 1. The summed E-state index contributed by atoms with van der Waals surface area (Å²) >= 11 is 0. The lowest BCUT2D eigenvalue weighted by Gasteiger charge is -2.19. The average molecular weight is 385 g/mol. The first kappa shape index (κ1) is 22.2. The molecule has 0 saturated carbocycles. The number of ether oxygens (including phenoxy) is 1. The van der Waals surface area contributed by atoms with Gasteiger partial charge in [0, 0.05) is 33.2 Å². The zero-order valence-corrected chi connectivity index (χ0v) is 17.3. The second-order valence-electron chi connectivity index (χ2n) is 5.88. The number of guanidine groups is 1. The second-order valence-corrected chi connectivity index (χ2v) is 7.97. The Morgan fingerprint density at radius 1 is 1.19 bits per heavy atom. The Kier molecular flexibility index (Phi) is 9.43. The molecule has 0 spiro atoms. The molecular weight excluding hydrogens is 352 g/mol. The minimum atomic E-state index is -3.23. The van der Waals surface area contributed by atoms with Gasteiger partial charge in [-0.2, -0.15) is 0 Å². The molecule has 0 fully saturated rings. The predicted octanol–water partition coefficient (Wildman–Crippen LogP) is 1.38. The molecule has 0 aromatic heterocycles. The highest BCUT2D eigenvalue weighted by Gasteiger charge is 2.18. The SMILES string of the molecule is CCN(CC)S(=O)(=O)CCNC(=NC)NCCc1ccc(C)c(OC)c1. The molecule has 8 heteroatoms. The van der Waals surface area contributed by atoms with Crippen molar-refractivity contribution < 1.29 is 13.2 Å². The fourth-order valence-electron chi connectivity index (χ4n) is 2.61. The molecule has 0 heterocycles. The Morgan fingerprint density at radius 2 is 1.85 bits per heavy atom. The van der Waals surface area contributed by atoms with E-state index in [-0.39, 0.29) is 5.75 Å². The summed E-state index contributed by atoms with van der Waals surface area (Å²) in [6.45, 7) is 7.69. The molecule has 0 atom stereocenters. The van der Waals surface area contributed by atoms with Crippen LogP contribution >= 0.6 is 0 Å². The molecule has 0 aliphatic heterocycles. The molecule has 0 amide bonds. The van der Waals surface area contributed by atoms with E-state index in [0.717, 1.165) is 17.7 Å². The van der Waals surface area contributed by atoms with Crippen LogP contribution in [0.15, 0.2) is 23.2 Å². The Labute approximate surface area is 157 Å². The van der Waals surface area contributed by atoms with Crippen LogP contribution in [0.5, 0.6) is 5.75 Å². The van der Waals surface area contributed by atoms with E-state index in [1.165, 1.54) is 9.87 Å². The van der Waals surface area contributed by atoms with Crippen LogP contribution in [-0.2, 0) is 16.4 Å². The maximum Gasteiger partial charge on any atom is 0.215 e. The van der Waals surface area contributed by atoms with Crippen molar-refractivity contribution in [2.75, 3.05) is 46.1 Å². The first-order valence-electron chi connectivity index (χ1n) is 8.93. The van der Waals surface area contributed by atoms with Gasteiger partial charge in [0.1, 0.15) is 5.75 Å². The van der Waals surface area contributed by atoms with Crippen LogP contribution < -0.4 is 15.4 Å². The summed E-state index contributed by atoms with van der Waals surface area (Å²) in [4.78, 5) is 4.13. The Hall–Kier alpha value is -1.80. The summed E-state index contributed by atoms with van der Waals surface area (Å²) in [5.74, 6) is 1.52. The lowest BCUT2D eigenvalue weighted by Crippen LogP contribution is -2.42. The van der Waals surface area contributed by atoms with Gasteiger partial charge in [-0.1, -0.05) is 26.0 Å². The molecule has 2 N–H and O–H groups in total. The molecule has 1 rings (SSSR count). The van der Waals surface area contributed by atoms with E-state index in [4.69, 9.17) is 4.74 Å². The van der Waals surface area contributed by atoms with Crippen molar-refractivity contribution in [3.63, 3.8) is 0 Å². The highest BCUT2D eigenvalue weighted by Crippen LogP contribution is 2.18. The first-order chi connectivity index (χ1) is 12.4. The lowest BCUT2D eigenvalue weighted by atomic mass is 10.1. The van der Waals surface area contributed by atoms with Gasteiger partial charge in [-0.15, -0.1) is 0 Å². The standard InChI is InChI=1S/C18H32N4O3S/c1-6-22(7-2)26(23,24)13-12-21-18(19-4)20-11-10-16-9-8-15(3)17(14-16)25-5/h8-9,14H,6-7,10-13H2,1-5H3,(H2,19,20,21). The Morgan fingerprint density at radius 3 is 2.42 bits per heavy atom. The molecule has 0 aliphatic rings. The molecule has 26 heavy (non-hydrogen) atoms. The minimum absolute atomic E-state index is 0.0462. The third-order valence-electron chi connectivity index (χ3n) is 4.15. The third kappa shape index (κ3) is 6.84. The van der Waals surface area contributed by atoms with E-state index in [0.29, 0.717) is 32.1 Å². The number of methoxy groups -OCH3 is 1. The number of nitrogens with zero attached hydrogens (tertiary/aromatic N) is 2. The van der Waals surface area contributed by atoms with Crippen molar-refractivity contribution in [1.82, 2.24) is 14.9 Å². The van der Waals surface area contributed by atoms with Crippen molar-refractivity contribution in [3.8, 4) is 5.75 Å². The summed E-state index contributed by atoms with van der Waals surface area (Å²) in [6.07, 6.45) is 0.815. The minimum Gasteiger partial charge on any atom is -0.496 e. The van der Waals surface area contributed by atoms with Crippen LogP contribution in [0.1, 0.15) is 25.0 Å². The monoisotopic (exact) mass is 384 g/mol. The number of rotatable bonds is 10. The van der Waals surface area contributed by atoms with Gasteiger partial charge in [-0.05, 0) is 30.5 Å². The van der Waals surface area contributed by atoms with Crippen LogP contribution in [0.25, 0.3) is 0 Å². The summed E-state index contributed by atoms with van der Waals surface area (Å²) in [5.41, 5.74) is 2.27. The normalized spacial score (nSPS) is 12.3. The quantitative estimate of drug-likeness (QED) is 0.470. The van der Waals surface area contributed by atoms with E-state index in [1.54, 1.807) is 14.2 Å². The number of hydrogen-bond acceptors (Lipinski definition) is 4. The fourth-order valence-corrected chi connectivity index (χ4v) is 4.02. The van der Waals surface area contributed by atoms with E-state index >= 15 is 0 Å². The first-order valence-corrected chi connectivity index (χ1v) is 10.5. The van der Waals surface area contributed by atoms with Crippen molar-refractivity contribution >= 4 is 16.0 Å². The van der Waals surface area contributed by atoms with Gasteiger partial charge < -0.3 is 15.4 Å². The van der Waals surface area contributed by atoms with Gasteiger partial charge in [0.05, 0.1) is 12.9 Å². The molecular formula is C18H32N4O3S. The molecule has 0 aliphatic carbocycles. The Bertz CT molecular complexity index is 686. The van der Waals surface area contributed by atoms with E-state index in [2.05, 4.69) is 21.7 Å². The molecule has 0 saturated heterocycles. The largest absolute Gasteiger partial charge is 0.496 e. The second kappa shape index (κ2) is 11.0. The zero-order chi connectivity index (χ0) is 19.6. The number of hydrogen-bond donors (Lipinski definition) is 2. The van der Waals surface area contributed by atoms with Crippen molar-refractivity contribution in [2.24, 2.45) is 4.99 Å². The summed E-state index contributed by atoms with van der Waals surface area (Å²) in [6, 6.07) is 6.15. The van der Waals surface area contributed by atoms with Gasteiger partial charge in [0.2, 0.25) is 10.0 Å². The molecule has 0 bridgehead atoms. The van der Waals surface area contributed by atoms with Crippen molar-refractivity contribution in [1.29, 1.82) is 0 Å². The van der Waals surface area contributed by atoms with Gasteiger partial charge in [0.25, 0.3) is 0 Å². The van der Waals surface area contributed by atoms with Gasteiger partial charge in [0.15, 0.2) is 5.96 Å².